The first-order valence-corrected chi connectivity index (χ1v) is 12.5. The Kier molecular flexibility index (Phi) is 6.31. The van der Waals surface area contributed by atoms with Gasteiger partial charge in [-0.1, -0.05) is 18.9 Å². The van der Waals surface area contributed by atoms with Crippen LogP contribution in [0.1, 0.15) is 63.6 Å². The van der Waals surface area contributed by atoms with E-state index in [1.807, 2.05) is 49.7 Å². The van der Waals surface area contributed by atoms with Crippen molar-refractivity contribution in [3.05, 3.63) is 51.9 Å². The monoisotopic (exact) mass is 488 g/mol. The number of nitrogens with one attached hydrogen (secondary N) is 2. The number of esters is 1. The normalized spacial score (nSPS) is 20.2. The summed E-state index contributed by atoms with van der Waals surface area (Å²) in [4.78, 5) is 29.9. The lowest BCUT2D eigenvalue weighted by molar-refractivity contribution is -0.156. The van der Waals surface area contributed by atoms with Gasteiger partial charge in [-0.25, -0.2) is 0 Å². The van der Waals surface area contributed by atoms with Gasteiger partial charge in [-0.15, -0.1) is 0 Å². The number of ether oxygens (including phenoxy) is 1. The topological polar surface area (TPSA) is 116 Å². The van der Waals surface area contributed by atoms with Crippen molar-refractivity contribution in [2.24, 2.45) is 5.92 Å². The summed E-state index contributed by atoms with van der Waals surface area (Å²) in [5, 5.41) is 18.4. The second-order valence-corrected chi connectivity index (χ2v) is 10.8. The smallest absolute Gasteiger partial charge is 0.320 e. The first kappa shape index (κ1) is 24.1. The van der Waals surface area contributed by atoms with Gasteiger partial charge in [0, 0.05) is 25.0 Å². The molecule has 9 nitrogen and oxygen atoms in total. The molecule has 2 N–H and O–H groups in total. The molecule has 188 valence electrons. The molecular weight excluding hydrogens is 456 g/mol. The van der Waals surface area contributed by atoms with E-state index in [1.54, 1.807) is 6.20 Å². The average molecular weight is 489 g/mol. The van der Waals surface area contributed by atoms with Crippen molar-refractivity contribution >= 4 is 28.4 Å². The van der Waals surface area contributed by atoms with Crippen LogP contribution < -0.4 is 10.9 Å². The Morgan fingerprint density at radius 3 is 2.78 bits per heavy atom. The largest absolute Gasteiger partial charge is 0.459 e. The van der Waals surface area contributed by atoms with Crippen LogP contribution in [0.25, 0.3) is 10.9 Å². The van der Waals surface area contributed by atoms with Crippen LogP contribution in [-0.2, 0) is 22.6 Å². The number of carbonyl (C=O) groups is 1. The second-order valence-electron chi connectivity index (χ2n) is 10.8. The molecule has 2 atom stereocenters. The Morgan fingerprint density at radius 1 is 1.22 bits per heavy atom. The second kappa shape index (κ2) is 9.43. The molecule has 0 amide bonds. The third-order valence-corrected chi connectivity index (χ3v) is 6.87. The number of nitrogens with zero attached hydrogens (tertiary/aromatic N) is 4. The van der Waals surface area contributed by atoms with Crippen molar-refractivity contribution in [3.8, 4) is 6.07 Å². The van der Waals surface area contributed by atoms with Gasteiger partial charge in [0.05, 0.1) is 30.1 Å². The van der Waals surface area contributed by atoms with Crippen LogP contribution in [0.2, 0.25) is 0 Å². The molecule has 1 aliphatic carbocycles. The van der Waals surface area contributed by atoms with Gasteiger partial charge in [0.25, 0.3) is 5.56 Å². The highest BCUT2D eigenvalue weighted by Gasteiger charge is 2.30. The molecule has 0 spiro atoms. The first-order chi connectivity index (χ1) is 17.2. The van der Waals surface area contributed by atoms with Gasteiger partial charge in [0.15, 0.2) is 5.82 Å². The number of rotatable bonds is 5. The Bertz CT molecular complexity index is 1390. The highest BCUT2D eigenvalue weighted by Crippen LogP contribution is 2.37. The molecule has 0 radical (unpaired) electrons. The lowest BCUT2D eigenvalue weighted by atomic mass is 9.85. The molecule has 36 heavy (non-hydrogen) atoms. The van der Waals surface area contributed by atoms with E-state index in [-0.39, 0.29) is 30.0 Å². The summed E-state index contributed by atoms with van der Waals surface area (Å²) in [6, 6.07) is 10.3. The molecule has 5 rings (SSSR count). The SMILES string of the molecule is CC(C)(C)OC(=O)CN1Cc2ccc(Nc3nn([C@H]4CCCCC4C#N)c4cc[nH]c(=O)c34)cc2C1. The maximum Gasteiger partial charge on any atom is 0.320 e. The van der Waals surface area contributed by atoms with Crippen molar-refractivity contribution < 1.29 is 9.53 Å². The van der Waals surface area contributed by atoms with E-state index in [0.29, 0.717) is 24.3 Å². The molecule has 1 saturated carbocycles. The van der Waals surface area contributed by atoms with Crippen LogP contribution in [0.4, 0.5) is 11.5 Å². The zero-order valence-electron chi connectivity index (χ0n) is 21.0. The molecule has 1 aliphatic heterocycles. The molecule has 0 saturated heterocycles. The van der Waals surface area contributed by atoms with Gasteiger partial charge in [-0.3, -0.25) is 19.2 Å². The van der Waals surface area contributed by atoms with Gasteiger partial charge in [-0.05, 0) is 62.9 Å². The number of benzene rings is 1. The van der Waals surface area contributed by atoms with Crippen LogP contribution in [0.15, 0.2) is 35.3 Å². The van der Waals surface area contributed by atoms with E-state index in [9.17, 15) is 14.9 Å². The quantitative estimate of drug-likeness (QED) is 0.512. The maximum absolute atomic E-state index is 12.8. The summed E-state index contributed by atoms with van der Waals surface area (Å²) in [5.41, 5.74) is 3.13. The van der Waals surface area contributed by atoms with E-state index in [0.717, 1.165) is 48.0 Å². The van der Waals surface area contributed by atoms with Crippen LogP contribution in [0.3, 0.4) is 0 Å². The van der Waals surface area contributed by atoms with E-state index >= 15 is 0 Å². The van der Waals surface area contributed by atoms with Crippen molar-refractivity contribution in [3.63, 3.8) is 0 Å². The molecule has 1 aromatic carbocycles. The summed E-state index contributed by atoms with van der Waals surface area (Å²) in [5.74, 6) is 0.130. The summed E-state index contributed by atoms with van der Waals surface area (Å²) >= 11 is 0. The maximum atomic E-state index is 12.8. The standard InChI is InChI=1S/C27H32N6O3/c1-27(2,3)36-23(34)16-32-14-18-8-9-20(12-19(18)15-32)30-25-24-22(10-11-29-26(24)35)33(31-25)21-7-5-4-6-17(21)13-28/h8-12,17,21H,4-7,14-16H2,1-3H3,(H,29,35)(H,30,31)/t17?,21-/m0/s1. The van der Waals surface area contributed by atoms with Crippen LogP contribution in [0.5, 0.6) is 0 Å². The summed E-state index contributed by atoms with van der Waals surface area (Å²) < 4.78 is 7.34. The van der Waals surface area contributed by atoms with E-state index in [1.165, 1.54) is 0 Å². The molecule has 3 heterocycles. The lowest BCUT2D eigenvalue weighted by Crippen LogP contribution is -2.32. The van der Waals surface area contributed by atoms with Gasteiger partial charge in [-0.2, -0.15) is 10.4 Å². The van der Waals surface area contributed by atoms with Gasteiger partial charge in [0.1, 0.15) is 11.0 Å². The van der Waals surface area contributed by atoms with Crippen molar-refractivity contribution in [2.75, 3.05) is 11.9 Å². The predicted octanol–water partition coefficient (Wildman–Crippen LogP) is 4.38. The fraction of sp³-hybridized carbons (Fsp3) is 0.481. The fourth-order valence-corrected chi connectivity index (χ4v) is 5.34. The van der Waals surface area contributed by atoms with Gasteiger partial charge < -0.3 is 15.0 Å². The third-order valence-electron chi connectivity index (χ3n) is 6.87. The molecule has 1 unspecified atom stereocenters. The number of fused-ring (bicyclic) bond motifs is 2. The Morgan fingerprint density at radius 2 is 2.00 bits per heavy atom. The number of nitriles is 1. The zero-order chi connectivity index (χ0) is 25.4. The average Bonchev–Trinajstić information content (AvgIpc) is 3.39. The molecule has 9 heteroatoms. The van der Waals surface area contributed by atoms with Crippen molar-refractivity contribution in [1.29, 1.82) is 5.26 Å². The lowest BCUT2D eigenvalue weighted by Gasteiger charge is -2.27. The Balaban J connectivity index is 1.39. The number of aromatic nitrogens is 3. The third kappa shape index (κ3) is 4.86. The molecule has 2 aliphatic rings. The fourth-order valence-electron chi connectivity index (χ4n) is 5.34. The minimum atomic E-state index is -0.504. The molecular formula is C27H32N6O3. The number of hydrogen-bond donors (Lipinski definition) is 2. The zero-order valence-corrected chi connectivity index (χ0v) is 21.0. The van der Waals surface area contributed by atoms with E-state index < -0.39 is 5.60 Å². The molecule has 1 fully saturated rings. The van der Waals surface area contributed by atoms with E-state index in [2.05, 4.69) is 21.3 Å². The van der Waals surface area contributed by atoms with Crippen LogP contribution >= 0.6 is 0 Å². The summed E-state index contributed by atoms with van der Waals surface area (Å²) in [7, 11) is 0. The number of H-pyrrole nitrogens is 1. The molecule has 0 bridgehead atoms. The van der Waals surface area contributed by atoms with Crippen LogP contribution in [0, 0.1) is 17.2 Å². The molecule has 3 aromatic rings. The highest BCUT2D eigenvalue weighted by atomic mass is 16.6. The van der Waals surface area contributed by atoms with Crippen molar-refractivity contribution in [2.45, 2.75) is 71.2 Å². The summed E-state index contributed by atoms with van der Waals surface area (Å²) in [6.45, 7) is 7.17. The first-order valence-electron chi connectivity index (χ1n) is 12.5. The van der Waals surface area contributed by atoms with Gasteiger partial charge in [0.2, 0.25) is 0 Å². The van der Waals surface area contributed by atoms with Crippen molar-refractivity contribution in [1.82, 2.24) is 19.7 Å². The number of pyridine rings is 1. The molecule has 2 aromatic heterocycles. The predicted molar refractivity (Wildman–Crippen MR) is 137 cm³/mol. The Labute approximate surface area is 210 Å². The van der Waals surface area contributed by atoms with E-state index in [4.69, 9.17) is 9.84 Å². The van der Waals surface area contributed by atoms with Crippen LogP contribution in [-0.4, -0.2) is 37.8 Å². The number of carbonyl (C=O) groups excluding carboxylic acids is 1. The van der Waals surface area contributed by atoms with Gasteiger partial charge >= 0.3 is 5.97 Å². The minimum Gasteiger partial charge on any atom is -0.459 e. The minimum absolute atomic E-state index is 0.0509. The Hall–Kier alpha value is -3.64. The number of anilines is 2. The summed E-state index contributed by atoms with van der Waals surface area (Å²) in [6.07, 6.45) is 5.43. The number of hydrogen-bond acceptors (Lipinski definition) is 7. The number of aromatic amines is 1. The highest BCUT2D eigenvalue weighted by molar-refractivity contribution is 5.91.